The monoisotopic (exact) mass is 282 g/mol. The molecule has 1 aliphatic rings. The van der Waals surface area contributed by atoms with Crippen molar-refractivity contribution in [2.45, 2.75) is 92.6 Å². The average molecular weight is 283 g/mol. The lowest BCUT2D eigenvalue weighted by Crippen LogP contribution is -2.36. The fourth-order valence-corrected chi connectivity index (χ4v) is 4.04. The summed E-state index contributed by atoms with van der Waals surface area (Å²) >= 11 is 0. The van der Waals surface area contributed by atoms with E-state index in [-0.39, 0.29) is 6.10 Å². The molecule has 0 heterocycles. The summed E-state index contributed by atoms with van der Waals surface area (Å²) in [5.41, 5.74) is 0.383. The average Bonchev–Trinajstić information content (AvgIpc) is 2.37. The molecule has 0 saturated heterocycles. The van der Waals surface area contributed by atoms with Crippen LogP contribution in [0.5, 0.6) is 0 Å². The molecule has 0 bridgehead atoms. The molecule has 120 valence electrons. The Labute approximate surface area is 127 Å². The molecule has 1 heteroatoms. The zero-order valence-electron chi connectivity index (χ0n) is 14.8. The van der Waals surface area contributed by atoms with Crippen molar-refractivity contribution in [1.82, 2.24) is 0 Å². The van der Waals surface area contributed by atoms with E-state index >= 15 is 0 Å². The van der Waals surface area contributed by atoms with Gasteiger partial charge in [-0.15, -0.1) is 0 Å². The van der Waals surface area contributed by atoms with E-state index in [9.17, 15) is 5.11 Å². The molecule has 0 spiro atoms. The number of aliphatic hydroxyl groups is 1. The molecule has 5 atom stereocenters. The van der Waals surface area contributed by atoms with Crippen LogP contribution in [-0.2, 0) is 0 Å². The zero-order chi connectivity index (χ0) is 15.3. The summed E-state index contributed by atoms with van der Waals surface area (Å²) in [5, 5.41) is 10.8. The van der Waals surface area contributed by atoms with Crippen LogP contribution in [0.25, 0.3) is 0 Å². The number of aliphatic hydroxyl groups excluding tert-OH is 1. The summed E-state index contributed by atoms with van der Waals surface area (Å²) in [6.45, 7) is 13.9. The first-order valence-electron chi connectivity index (χ1n) is 8.94. The molecule has 1 nitrogen and oxygen atoms in total. The van der Waals surface area contributed by atoms with Gasteiger partial charge in [0.15, 0.2) is 0 Å². The van der Waals surface area contributed by atoms with E-state index in [1.807, 2.05) is 0 Å². The minimum Gasteiger partial charge on any atom is -0.393 e. The Morgan fingerprint density at radius 3 is 2.25 bits per heavy atom. The Balaban J connectivity index is 2.57. The lowest BCUT2D eigenvalue weighted by Gasteiger charge is -2.38. The van der Waals surface area contributed by atoms with Crippen LogP contribution in [0.4, 0.5) is 0 Å². The van der Waals surface area contributed by atoms with E-state index in [4.69, 9.17) is 0 Å². The Morgan fingerprint density at radius 1 is 1.15 bits per heavy atom. The lowest BCUT2D eigenvalue weighted by molar-refractivity contribution is 0.000608. The third-order valence-corrected chi connectivity index (χ3v) is 5.66. The van der Waals surface area contributed by atoms with Crippen molar-refractivity contribution in [1.29, 1.82) is 0 Å². The van der Waals surface area contributed by atoms with Gasteiger partial charge in [0, 0.05) is 0 Å². The first-order valence-corrected chi connectivity index (χ1v) is 8.94. The van der Waals surface area contributed by atoms with Gasteiger partial charge in [-0.1, -0.05) is 67.2 Å². The van der Waals surface area contributed by atoms with Crippen LogP contribution in [0.3, 0.4) is 0 Å². The molecule has 0 radical (unpaired) electrons. The van der Waals surface area contributed by atoms with E-state index in [1.54, 1.807) is 0 Å². The maximum absolute atomic E-state index is 10.8. The molecule has 0 aliphatic heterocycles. The Morgan fingerprint density at radius 2 is 1.75 bits per heavy atom. The summed E-state index contributed by atoms with van der Waals surface area (Å²) in [4.78, 5) is 0. The molecule has 0 aromatic heterocycles. The predicted octanol–water partition coefficient (Wildman–Crippen LogP) is 5.66. The molecule has 3 unspecified atom stereocenters. The SMILES string of the molecule is CC[C@H](CCC(C)(C)C)C(O)C(C)[C@@H]1CCCCC1C. The van der Waals surface area contributed by atoms with Crippen LogP contribution >= 0.6 is 0 Å². The molecule has 1 fully saturated rings. The molecule has 1 saturated carbocycles. The van der Waals surface area contributed by atoms with Gasteiger partial charge in [-0.05, 0) is 48.3 Å². The lowest BCUT2D eigenvalue weighted by atomic mass is 9.69. The summed E-state index contributed by atoms with van der Waals surface area (Å²) in [7, 11) is 0. The predicted molar refractivity (Wildman–Crippen MR) is 88.8 cm³/mol. The van der Waals surface area contributed by atoms with Gasteiger partial charge in [-0.25, -0.2) is 0 Å². The molecule has 0 aromatic carbocycles. The van der Waals surface area contributed by atoms with Crippen molar-refractivity contribution in [3.05, 3.63) is 0 Å². The van der Waals surface area contributed by atoms with Crippen molar-refractivity contribution in [3.63, 3.8) is 0 Å². The maximum atomic E-state index is 10.8. The smallest absolute Gasteiger partial charge is 0.0596 e. The van der Waals surface area contributed by atoms with Gasteiger partial charge in [0.25, 0.3) is 0 Å². The number of rotatable bonds is 6. The van der Waals surface area contributed by atoms with Crippen LogP contribution in [0.15, 0.2) is 0 Å². The molecular weight excluding hydrogens is 244 g/mol. The van der Waals surface area contributed by atoms with E-state index in [1.165, 1.54) is 38.5 Å². The minimum atomic E-state index is -0.104. The van der Waals surface area contributed by atoms with Crippen molar-refractivity contribution < 1.29 is 5.11 Å². The second-order valence-corrected chi connectivity index (χ2v) is 8.54. The number of hydrogen-bond acceptors (Lipinski definition) is 1. The highest BCUT2D eigenvalue weighted by Crippen LogP contribution is 2.39. The Bertz CT molecular complexity index is 265. The first kappa shape index (κ1) is 18.0. The van der Waals surface area contributed by atoms with Crippen molar-refractivity contribution >= 4 is 0 Å². The Hall–Kier alpha value is -0.0400. The van der Waals surface area contributed by atoms with Crippen molar-refractivity contribution in [3.8, 4) is 0 Å². The largest absolute Gasteiger partial charge is 0.393 e. The van der Waals surface area contributed by atoms with Crippen LogP contribution in [-0.4, -0.2) is 11.2 Å². The van der Waals surface area contributed by atoms with Gasteiger partial charge in [0.05, 0.1) is 6.10 Å². The molecular formula is C19H38O. The van der Waals surface area contributed by atoms with E-state index in [0.717, 1.165) is 18.3 Å². The molecule has 0 aromatic rings. The molecule has 20 heavy (non-hydrogen) atoms. The fourth-order valence-electron chi connectivity index (χ4n) is 4.04. The van der Waals surface area contributed by atoms with Gasteiger partial charge in [-0.2, -0.15) is 0 Å². The van der Waals surface area contributed by atoms with Crippen LogP contribution in [0, 0.1) is 29.1 Å². The van der Waals surface area contributed by atoms with Crippen molar-refractivity contribution in [2.75, 3.05) is 0 Å². The summed E-state index contributed by atoms with van der Waals surface area (Å²) in [6, 6.07) is 0. The second kappa shape index (κ2) is 7.82. The minimum absolute atomic E-state index is 0.104. The van der Waals surface area contributed by atoms with Gasteiger partial charge in [0.1, 0.15) is 0 Å². The molecule has 1 N–H and O–H groups in total. The molecule has 1 aliphatic carbocycles. The summed E-state index contributed by atoms with van der Waals surface area (Å²) in [6.07, 6.45) is 8.85. The quantitative estimate of drug-likeness (QED) is 0.666. The van der Waals surface area contributed by atoms with Crippen LogP contribution in [0.1, 0.15) is 86.5 Å². The van der Waals surface area contributed by atoms with Gasteiger partial charge in [-0.3, -0.25) is 0 Å². The number of hydrogen-bond donors (Lipinski definition) is 1. The van der Waals surface area contributed by atoms with Crippen molar-refractivity contribution in [2.24, 2.45) is 29.1 Å². The standard InChI is InChI=1S/C19H38O/c1-7-16(12-13-19(4,5)6)18(20)15(3)17-11-9-8-10-14(17)2/h14-18,20H,7-13H2,1-6H3/t14?,15?,16-,17-,18?/m1/s1. The van der Waals surface area contributed by atoms with E-state index in [2.05, 4.69) is 41.5 Å². The fraction of sp³-hybridized carbons (Fsp3) is 1.00. The third-order valence-electron chi connectivity index (χ3n) is 5.66. The van der Waals surface area contributed by atoms with E-state index in [0.29, 0.717) is 17.3 Å². The van der Waals surface area contributed by atoms with Crippen LogP contribution in [0.2, 0.25) is 0 Å². The zero-order valence-corrected chi connectivity index (χ0v) is 14.8. The van der Waals surface area contributed by atoms with Gasteiger partial charge < -0.3 is 5.11 Å². The topological polar surface area (TPSA) is 20.2 Å². The molecule has 1 rings (SSSR count). The molecule has 0 amide bonds. The van der Waals surface area contributed by atoms with Gasteiger partial charge >= 0.3 is 0 Å². The van der Waals surface area contributed by atoms with Crippen LogP contribution < -0.4 is 0 Å². The van der Waals surface area contributed by atoms with E-state index < -0.39 is 0 Å². The normalized spacial score (nSPS) is 28.9. The summed E-state index contributed by atoms with van der Waals surface area (Å²) < 4.78 is 0. The highest BCUT2D eigenvalue weighted by atomic mass is 16.3. The maximum Gasteiger partial charge on any atom is 0.0596 e. The Kier molecular flexibility index (Phi) is 7.04. The third kappa shape index (κ3) is 5.39. The summed E-state index contributed by atoms with van der Waals surface area (Å²) in [5.74, 6) is 2.49. The van der Waals surface area contributed by atoms with Gasteiger partial charge in [0.2, 0.25) is 0 Å². The highest BCUT2D eigenvalue weighted by molar-refractivity contribution is 4.84. The highest BCUT2D eigenvalue weighted by Gasteiger charge is 2.33. The first-order chi connectivity index (χ1) is 9.26. The second-order valence-electron chi connectivity index (χ2n) is 8.54.